The number of aromatic hydroxyl groups is 1. The van der Waals surface area contributed by atoms with E-state index in [-0.39, 0.29) is 23.6 Å². The number of aryl methyl sites for hydroxylation is 1. The normalized spacial score (nSPS) is 23.1. The highest BCUT2D eigenvalue weighted by atomic mass is 35.5. The van der Waals surface area contributed by atoms with Gasteiger partial charge in [-0.1, -0.05) is 23.2 Å². The molecule has 2 N–H and O–H groups in total. The van der Waals surface area contributed by atoms with Crippen LogP contribution in [0.1, 0.15) is 42.1 Å². The highest BCUT2D eigenvalue weighted by molar-refractivity contribution is 6.36. The number of nitrogens with one attached hydrogen (secondary N) is 1. The number of aromatic nitrogens is 2. The van der Waals surface area contributed by atoms with Crippen LogP contribution >= 0.6 is 23.2 Å². The Morgan fingerprint density at radius 3 is 2.80 bits per heavy atom. The van der Waals surface area contributed by atoms with Crippen molar-refractivity contribution in [2.24, 2.45) is 5.92 Å². The lowest BCUT2D eigenvalue weighted by atomic mass is 9.92. The summed E-state index contributed by atoms with van der Waals surface area (Å²) < 4.78 is 0. The molecule has 25 heavy (non-hydrogen) atoms. The zero-order chi connectivity index (χ0) is 17.6. The first-order valence-corrected chi connectivity index (χ1v) is 9.29. The molecule has 1 aromatic carbocycles. The fourth-order valence-electron chi connectivity index (χ4n) is 4.05. The van der Waals surface area contributed by atoms with Crippen molar-refractivity contribution in [3.05, 3.63) is 45.2 Å². The van der Waals surface area contributed by atoms with Gasteiger partial charge in [0.05, 0.1) is 12.2 Å². The number of phenols is 1. The van der Waals surface area contributed by atoms with Crippen molar-refractivity contribution < 1.29 is 9.90 Å². The zero-order valence-electron chi connectivity index (χ0n) is 13.6. The SMILES string of the molecule is O=C1[C@H](Cc2c(Cl)cc(O)cc2Cl)CCN1C1CCCc2[nH]ncc21. The van der Waals surface area contributed by atoms with Crippen LogP contribution < -0.4 is 0 Å². The summed E-state index contributed by atoms with van der Waals surface area (Å²) in [6.45, 7) is 0.742. The van der Waals surface area contributed by atoms with E-state index in [1.165, 1.54) is 12.1 Å². The van der Waals surface area contributed by atoms with E-state index in [1.807, 2.05) is 11.1 Å². The molecule has 1 unspecified atom stereocenters. The van der Waals surface area contributed by atoms with Gasteiger partial charge in [0.2, 0.25) is 5.91 Å². The maximum atomic E-state index is 13.0. The smallest absolute Gasteiger partial charge is 0.226 e. The van der Waals surface area contributed by atoms with Crippen molar-refractivity contribution in [1.29, 1.82) is 0 Å². The van der Waals surface area contributed by atoms with Crippen molar-refractivity contribution in [1.82, 2.24) is 15.1 Å². The van der Waals surface area contributed by atoms with E-state index in [9.17, 15) is 9.90 Å². The standard InChI is InChI=1S/C18H19Cl2N3O2/c19-14-7-11(24)8-15(20)12(14)6-10-4-5-23(18(10)25)17-3-1-2-16-13(17)9-21-22-16/h7-10,17,24H,1-6H2,(H,21,22)/t10-,17?/m0/s1. The van der Waals surface area contributed by atoms with Gasteiger partial charge >= 0.3 is 0 Å². The highest BCUT2D eigenvalue weighted by Gasteiger charge is 2.38. The number of carbonyl (C=O) groups excluding carboxylic acids is 1. The molecule has 2 atom stereocenters. The summed E-state index contributed by atoms with van der Waals surface area (Å²) in [5, 5.41) is 17.6. The van der Waals surface area contributed by atoms with E-state index in [1.54, 1.807) is 0 Å². The predicted molar refractivity (Wildman–Crippen MR) is 95.9 cm³/mol. The molecule has 0 bridgehead atoms. The van der Waals surface area contributed by atoms with Crippen LogP contribution in [0.15, 0.2) is 18.3 Å². The molecular formula is C18H19Cl2N3O2. The van der Waals surface area contributed by atoms with Gasteiger partial charge < -0.3 is 10.0 Å². The molecule has 0 saturated carbocycles. The average Bonchev–Trinajstić information content (AvgIpc) is 3.17. The average molecular weight is 380 g/mol. The number of rotatable bonds is 3. The quantitative estimate of drug-likeness (QED) is 0.849. The van der Waals surface area contributed by atoms with Crippen LogP contribution in [0.3, 0.4) is 0 Å². The van der Waals surface area contributed by atoms with Gasteiger partial charge in [-0.15, -0.1) is 0 Å². The van der Waals surface area contributed by atoms with Crippen molar-refractivity contribution >= 4 is 29.1 Å². The third kappa shape index (κ3) is 3.00. The molecule has 1 aliphatic heterocycles. The Bertz CT molecular complexity index is 797. The lowest BCUT2D eigenvalue weighted by Gasteiger charge is -2.31. The molecule has 2 aliphatic rings. The molecule has 7 heteroatoms. The summed E-state index contributed by atoms with van der Waals surface area (Å²) in [6.07, 6.45) is 6.17. The molecule has 4 rings (SSSR count). The lowest BCUT2D eigenvalue weighted by molar-refractivity contribution is -0.133. The van der Waals surface area contributed by atoms with Crippen LogP contribution in [0.25, 0.3) is 0 Å². The number of amides is 1. The molecule has 0 spiro atoms. The first-order valence-electron chi connectivity index (χ1n) is 8.54. The molecule has 1 saturated heterocycles. The van der Waals surface area contributed by atoms with E-state index in [0.29, 0.717) is 16.5 Å². The maximum absolute atomic E-state index is 13.0. The Kier molecular flexibility index (Phi) is 4.38. The van der Waals surface area contributed by atoms with Crippen molar-refractivity contribution in [3.8, 4) is 5.75 Å². The molecule has 1 amide bonds. The Hall–Kier alpha value is -1.72. The molecule has 2 aromatic rings. The Morgan fingerprint density at radius 2 is 2.04 bits per heavy atom. The van der Waals surface area contributed by atoms with Gasteiger partial charge in [-0.05, 0) is 49.8 Å². The molecule has 0 radical (unpaired) electrons. The minimum absolute atomic E-state index is 0.0350. The first kappa shape index (κ1) is 16.7. The number of likely N-dealkylation sites (tertiary alicyclic amines) is 1. The lowest BCUT2D eigenvalue weighted by Crippen LogP contribution is -2.34. The monoisotopic (exact) mass is 379 g/mol. The summed E-state index contributed by atoms with van der Waals surface area (Å²) in [5.41, 5.74) is 3.03. The van der Waals surface area contributed by atoms with Crippen LogP contribution in [0.5, 0.6) is 5.75 Å². The second kappa shape index (κ2) is 6.54. The summed E-state index contributed by atoms with van der Waals surface area (Å²) >= 11 is 12.4. The molecular weight excluding hydrogens is 361 g/mol. The Balaban J connectivity index is 1.54. The molecule has 1 fully saturated rings. The molecule has 5 nitrogen and oxygen atoms in total. The number of phenolic OH excluding ortho intramolecular Hbond substituents is 1. The minimum Gasteiger partial charge on any atom is -0.508 e. The number of fused-ring (bicyclic) bond motifs is 1. The Labute approximate surface area is 155 Å². The fourth-order valence-corrected chi connectivity index (χ4v) is 4.68. The van der Waals surface area contributed by atoms with Gasteiger partial charge in [0.15, 0.2) is 0 Å². The van der Waals surface area contributed by atoms with Crippen LogP contribution in [0.2, 0.25) is 10.0 Å². The number of aromatic amines is 1. The first-order chi connectivity index (χ1) is 12.0. The number of hydrogen-bond acceptors (Lipinski definition) is 3. The highest BCUT2D eigenvalue weighted by Crippen LogP contribution is 2.39. The minimum atomic E-state index is -0.128. The van der Waals surface area contributed by atoms with E-state index >= 15 is 0 Å². The van der Waals surface area contributed by atoms with E-state index in [0.717, 1.165) is 49.0 Å². The Morgan fingerprint density at radius 1 is 1.28 bits per heavy atom. The van der Waals surface area contributed by atoms with Gasteiger partial charge in [-0.25, -0.2) is 0 Å². The van der Waals surface area contributed by atoms with Crippen molar-refractivity contribution in [2.75, 3.05) is 6.54 Å². The summed E-state index contributed by atoms with van der Waals surface area (Å²) in [4.78, 5) is 15.0. The summed E-state index contributed by atoms with van der Waals surface area (Å²) in [7, 11) is 0. The van der Waals surface area contributed by atoms with Gasteiger partial charge in [-0.3, -0.25) is 9.89 Å². The zero-order valence-corrected chi connectivity index (χ0v) is 15.1. The van der Waals surface area contributed by atoms with Crippen LogP contribution in [0, 0.1) is 5.92 Å². The van der Waals surface area contributed by atoms with E-state index in [2.05, 4.69) is 10.2 Å². The van der Waals surface area contributed by atoms with E-state index in [4.69, 9.17) is 23.2 Å². The van der Waals surface area contributed by atoms with Gasteiger partial charge in [0.25, 0.3) is 0 Å². The third-order valence-corrected chi connectivity index (χ3v) is 5.99. The largest absolute Gasteiger partial charge is 0.508 e. The number of halogens is 2. The maximum Gasteiger partial charge on any atom is 0.226 e. The topological polar surface area (TPSA) is 69.2 Å². The molecule has 132 valence electrons. The third-order valence-electron chi connectivity index (χ3n) is 5.32. The van der Waals surface area contributed by atoms with Crippen LogP contribution in [-0.2, 0) is 17.6 Å². The number of H-pyrrole nitrogens is 1. The van der Waals surface area contributed by atoms with Gasteiger partial charge in [-0.2, -0.15) is 5.10 Å². The molecule has 2 heterocycles. The van der Waals surface area contributed by atoms with Gasteiger partial charge in [0.1, 0.15) is 5.75 Å². The number of nitrogens with zero attached hydrogens (tertiary/aromatic N) is 2. The fraction of sp³-hybridized carbons (Fsp3) is 0.444. The summed E-state index contributed by atoms with van der Waals surface area (Å²) in [6, 6.07) is 3.06. The van der Waals surface area contributed by atoms with E-state index < -0.39 is 0 Å². The number of carbonyl (C=O) groups is 1. The second-order valence-electron chi connectivity index (χ2n) is 6.82. The van der Waals surface area contributed by atoms with Crippen LogP contribution in [0.4, 0.5) is 0 Å². The van der Waals surface area contributed by atoms with Crippen molar-refractivity contribution in [3.63, 3.8) is 0 Å². The second-order valence-corrected chi connectivity index (χ2v) is 7.64. The van der Waals surface area contributed by atoms with Gasteiger partial charge in [0, 0.05) is 33.8 Å². The predicted octanol–water partition coefficient (Wildman–Crippen LogP) is 3.89. The van der Waals surface area contributed by atoms with Crippen molar-refractivity contribution in [2.45, 2.75) is 38.1 Å². The summed E-state index contributed by atoms with van der Waals surface area (Å²) in [5.74, 6) is 0.0592. The molecule has 1 aliphatic carbocycles. The number of benzene rings is 1. The molecule has 1 aromatic heterocycles. The number of hydrogen-bond donors (Lipinski definition) is 2. The van der Waals surface area contributed by atoms with Crippen LogP contribution in [-0.4, -0.2) is 32.7 Å².